The number of ether oxygens (including phenoxy) is 1. The number of carbonyl (C=O) groups excluding carboxylic acids is 2. The summed E-state index contributed by atoms with van der Waals surface area (Å²) in [5, 5.41) is 5.95. The third-order valence-corrected chi connectivity index (χ3v) is 6.64. The Hall–Kier alpha value is -3.60. The van der Waals surface area contributed by atoms with E-state index in [2.05, 4.69) is 20.5 Å². The maximum Gasteiger partial charge on any atom is 0.291 e. The highest BCUT2D eigenvalue weighted by Gasteiger charge is 2.17. The van der Waals surface area contributed by atoms with Crippen molar-refractivity contribution in [3.63, 3.8) is 0 Å². The Morgan fingerprint density at radius 3 is 2.71 bits per heavy atom. The van der Waals surface area contributed by atoms with E-state index in [0.717, 1.165) is 23.3 Å². The van der Waals surface area contributed by atoms with Gasteiger partial charge in [0.15, 0.2) is 16.5 Å². The third kappa shape index (κ3) is 5.56. The number of morpholine rings is 1. The summed E-state index contributed by atoms with van der Waals surface area (Å²) < 4.78 is 26.3. The van der Waals surface area contributed by atoms with Crippen LogP contribution in [0.4, 0.5) is 15.8 Å². The fourth-order valence-corrected chi connectivity index (χ4v) is 4.67. The molecular weight excluding hydrogens is 471 g/mol. The van der Waals surface area contributed by atoms with E-state index in [1.807, 2.05) is 24.3 Å². The first-order valence-corrected chi connectivity index (χ1v) is 12.0. The summed E-state index contributed by atoms with van der Waals surface area (Å²) >= 11 is 1.47. The number of halogens is 1. The van der Waals surface area contributed by atoms with Gasteiger partial charge in [0.2, 0.25) is 5.91 Å². The number of benzene rings is 2. The lowest BCUT2D eigenvalue weighted by atomic mass is 10.2. The van der Waals surface area contributed by atoms with Crippen molar-refractivity contribution in [2.75, 3.05) is 43.5 Å². The quantitative estimate of drug-likeness (QED) is 0.390. The molecule has 180 valence electrons. The second-order valence-electron chi connectivity index (χ2n) is 8.05. The Morgan fingerprint density at radius 2 is 1.89 bits per heavy atom. The molecule has 5 rings (SSSR count). The first kappa shape index (κ1) is 23.2. The molecule has 35 heavy (non-hydrogen) atoms. The van der Waals surface area contributed by atoms with Crippen molar-refractivity contribution in [1.82, 2.24) is 9.88 Å². The first-order chi connectivity index (χ1) is 17.0. The molecule has 4 aromatic rings. The Balaban J connectivity index is 1.22. The molecule has 1 saturated heterocycles. The second-order valence-corrected chi connectivity index (χ2v) is 9.08. The van der Waals surface area contributed by atoms with Crippen LogP contribution in [0.1, 0.15) is 17.0 Å². The number of aromatic nitrogens is 1. The predicted molar refractivity (Wildman–Crippen MR) is 132 cm³/mol. The SMILES string of the molecule is O=C(CCN1CCOCC1)Nc1cc(NC(=O)c2ccc(-c3nc4ccccc4s3)o2)ccc1F. The molecule has 0 aliphatic carbocycles. The van der Waals surface area contributed by atoms with Crippen molar-refractivity contribution in [2.45, 2.75) is 6.42 Å². The van der Waals surface area contributed by atoms with Gasteiger partial charge in [-0.05, 0) is 42.5 Å². The van der Waals surface area contributed by atoms with Gasteiger partial charge in [0.05, 0.1) is 29.1 Å². The zero-order valence-corrected chi connectivity index (χ0v) is 19.6. The van der Waals surface area contributed by atoms with Crippen LogP contribution in [0.2, 0.25) is 0 Å². The number of nitrogens with zero attached hydrogens (tertiary/aromatic N) is 2. The van der Waals surface area contributed by atoms with Gasteiger partial charge in [-0.25, -0.2) is 9.37 Å². The first-order valence-electron chi connectivity index (χ1n) is 11.2. The molecule has 2 aromatic heterocycles. The van der Waals surface area contributed by atoms with Crippen molar-refractivity contribution >= 4 is 44.7 Å². The maximum absolute atomic E-state index is 14.3. The molecule has 8 nitrogen and oxygen atoms in total. The monoisotopic (exact) mass is 494 g/mol. The van der Waals surface area contributed by atoms with Crippen LogP contribution in [0.3, 0.4) is 0 Å². The number of para-hydroxylation sites is 1. The number of amides is 2. The second kappa shape index (κ2) is 10.3. The Labute approximate surface area is 204 Å². The summed E-state index contributed by atoms with van der Waals surface area (Å²) in [7, 11) is 0. The lowest BCUT2D eigenvalue weighted by molar-refractivity contribution is -0.116. The third-order valence-electron chi connectivity index (χ3n) is 5.59. The molecule has 10 heteroatoms. The van der Waals surface area contributed by atoms with Crippen LogP contribution in [0.25, 0.3) is 21.0 Å². The topological polar surface area (TPSA) is 96.7 Å². The summed E-state index contributed by atoms with van der Waals surface area (Å²) in [6.45, 7) is 3.42. The van der Waals surface area contributed by atoms with E-state index in [-0.39, 0.29) is 23.8 Å². The molecule has 0 unspecified atom stereocenters. The number of hydrogen-bond donors (Lipinski definition) is 2. The molecular formula is C25H23FN4O4S. The van der Waals surface area contributed by atoms with E-state index >= 15 is 0 Å². The van der Waals surface area contributed by atoms with Gasteiger partial charge in [-0.1, -0.05) is 12.1 Å². The van der Waals surface area contributed by atoms with E-state index in [0.29, 0.717) is 36.2 Å². The highest BCUT2D eigenvalue weighted by Crippen LogP contribution is 2.31. The van der Waals surface area contributed by atoms with Gasteiger partial charge in [0.25, 0.3) is 5.91 Å². The number of hydrogen-bond acceptors (Lipinski definition) is 7. The van der Waals surface area contributed by atoms with Crippen molar-refractivity contribution < 1.29 is 23.1 Å². The number of rotatable bonds is 7. The summed E-state index contributed by atoms with van der Waals surface area (Å²) in [6, 6.07) is 15.0. The normalized spacial score (nSPS) is 14.2. The van der Waals surface area contributed by atoms with Crippen LogP contribution in [-0.4, -0.2) is 54.5 Å². The van der Waals surface area contributed by atoms with E-state index in [1.54, 1.807) is 12.1 Å². The fraction of sp³-hybridized carbons (Fsp3) is 0.240. The molecule has 0 spiro atoms. The molecule has 2 N–H and O–H groups in total. The minimum absolute atomic E-state index is 0.00406. The van der Waals surface area contributed by atoms with Crippen LogP contribution in [-0.2, 0) is 9.53 Å². The summed E-state index contributed by atoms with van der Waals surface area (Å²) in [5.74, 6) is -0.791. The number of thiazole rings is 1. The van der Waals surface area contributed by atoms with Gasteiger partial charge in [0, 0.05) is 31.7 Å². The standard InChI is InChI=1S/C25H23FN4O4S/c26-17-6-5-16(15-19(17)28-23(31)9-10-30-11-13-33-14-12-30)27-24(32)20-7-8-21(34-20)25-29-18-3-1-2-4-22(18)35-25/h1-8,15H,9-14H2,(H,27,32)(H,28,31). The van der Waals surface area contributed by atoms with Crippen molar-refractivity contribution in [3.8, 4) is 10.8 Å². The number of carbonyl (C=O) groups is 2. The lowest BCUT2D eigenvalue weighted by Crippen LogP contribution is -2.38. The highest BCUT2D eigenvalue weighted by atomic mass is 32.1. The Kier molecular flexibility index (Phi) is 6.84. The number of furan rings is 1. The van der Waals surface area contributed by atoms with Gasteiger partial charge in [0.1, 0.15) is 5.82 Å². The number of fused-ring (bicyclic) bond motifs is 1. The summed E-state index contributed by atoms with van der Waals surface area (Å²) in [6.07, 6.45) is 0.233. The number of nitrogens with one attached hydrogen (secondary N) is 2. The average molecular weight is 495 g/mol. The Morgan fingerprint density at radius 1 is 1.06 bits per heavy atom. The predicted octanol–water partition coefficient (Wildman–Crippen LogP) is 4.61. The molecule has 1 aliphatic rings. The van der Waals surface area contributed by atoms with Gasteiger partial charge in [-0.3, -0.25) is 14.5 Å². The molecule has 2 aromatic carbocycles. The molecule has 3 heterocycles. The zero-order valence-electron chi connectivity index (χ0n) is 18.8. The minimum atomic E-state index is -0.584. The van der Waals surface area contributed by atoms with Crippen molar-refractivity contribution in [3.05, 3.63) is 66.2 Å². The van der Waals surface area contributed by atoms with Crippen molar-refractivity contribution in [1.29, 1.82) is 0 Å². The smallest absolute Gasteiger partial charge is 0.291 e. The molecule has 0 bridgehead atoms. The van der Waals surface area contributed by atoms with Gasteiger partial charge >= 0.3 is 0 Å². The average Bonchev–Trinajstić information content (AvgIpc) is 3.53. The molecule has 0 atom stereocenters. The van der Waals surface area contributed by atoms with Crippen LogP contribution < -0.4 is 10.6 Å². The van der Waals surface area contributed by atoms with Gasteiger partial charge in [-0.2, -0.15) is 0 Å². The van der Waals surface area contributed by atoms with E-state index < -0.39 is 11.7 Å². The van der Waals surface area contributed by atoms with E-state index in [4.69, 9.17) is 9.15 Å². The highest BCUT2D eigenvalue weighted by molar-refractivity contribution is 7.21. The summed E-state index contributed by atoms with van der Waals surface area (Å²) in [4.78, 5) is 31.7. The van der Waals surface area contributed by atoms with Crippen LogP contribution in [0.5, 0.6) is 0 Å². The Bertz CT molecular complexity index is 1330. The van der Waals surface area contributed by atoms with Crippen LogP contribution >= 0.6 is 11.3 Å². The molecule has 0 radical (unpaired) electrons. The van der Waals surface area contributed by atoms with Gasteiger partial charge < -0.3 is 19.8 Å². The molecule has 2 amide bonds. The van der Waals surface area contributed by atoms with E-state index in [9.17, 15) is 14.0 Å². The molecule has 1 fully saturated rings. The maximum atomic E-state index is 14.3. The lowest BCUT2D eigenvalue weighted by Gasteiger charge is -2.26. The van der Waals surface area contributed by atoms with Gasteiger partial charge in [-0.15, -0.1) is 11.3 Å². The summed E-state index contributed by atoms with van der Waals surface area (Å²) in [5.41, 5.74) is 1.20. The fourth-order valence-electron chi connectivity index (χ4n) is 3.74. The minimum Gasteiger partial charge on any atom is -0.448 e. The molecule has 1 aliphatic heterocycles. The van der Waals surface area contributed by atoms with Crippen LogP contribution in [0.15, 0.2) is 59.0 Å². The largest absolute Gasteiger partial charge is 0.448 e. The zero-order chi connectivity index (χ0) is 24.2. The van der Waals surface area contributed by atoms with Crippen LogP contribution in [0, 0.1) is 5.82 Å². The number of anilines is 2. The molecule has 0 saturated carbocycles. The van der Waals surface area contributed by atoms with Crippen molar-refractivity contribution in [2.24, 2.45) is 0 Å². The van der Waals surface area contributed by atoms with E-state index in [1.165, 1.54) is 29.5 Å².